The molecule has 0 unspecified atom stereocenters. The fourth-order valence-corrected chi connectivity index (χ4v) is 8.23. The van der Waals surface area contributed by atoms with Crippen LogP contribution >= 0.6 is 11.6 Å². The Morgan fingerprint density at radius 2 is 1.46 bits per heavy atom. The maximum Gasteiger partial charge on any atom is 0.312 e. The summed E-state index contributed by atoms with van der Waals surface area (Å²) in [6.45, 7) is 14.9. The Hall–Kier alpha value is -3.23. The van der Waals surface area contributed by atoms with Gasteiger partial charge in [-0.2, -0.15) is 0 Å². The zero-order valence-corrected chi connectivity index (χ0v) is 29.2. The lowest BCUT2D eigenvalue weighted by Crippen LogP contribution is -2.76. The first-order valence-corrected chi connectivity index (χ1v) is 16.4. The summed E-state index contributed by atoms with van der Waals surface area (Å²) in [5.74, 6) is -7.70. The zero-order valence-electron chi connectivity index (χ0n) is 28.4. The van der Waals surface area contributed by atoms with Gasteiger partial charge in [0, 0.05) is 40.0 Å². The molecule has 2 saturated heterocycles. The van der Waals surface area contributed by atoms with Crippen LogP contribution in [0.25, 0.3) is 0 Å². The van der Waals surface area contributed by atoms with E-state index in [0.717, 1.165) is 20.8 Å². The molecule has 4 aliphatic rings. The van der Waals surface area contributed by atoms with Crippen molar-refractivity contribution in [2.75, 3.05) is 6.61 Å². The smallest absolute Gasteiger partial charge is 0.312 e. The number of fused-ring (bicyclic) bond motifs is 3. The van der Waals surface area contributed by atoms with Gasteiger partial charge in [-0.1, -0.05) is 32.9 Å². The minimum atomic E-state index is -2.39. The molecule has 0 amide bonds. The molecule has 2 aliphatic heterocycles. The van der Waals surface area contributed by atoms with Gasteiger partial charge in [-0.3, -0.25) is 28.8 Å². The van der Waals surface area contributed by atoms with Gasteiger partial charge < -0.3 is 38.3 Å². The summed E-state index contributed by atoms with van der Waals surface area (Å²) in [6.07, 6.45) is -9.07. The lowest BCUT2D eigenvalue weighted by molar-refractivity contribution is -0.285. The van der Waals surface area contributed by atoms with Crippen molar-refractivity contribution in [3.8, 4) is 0 Å². The molecule has 14 nitrogen and oxygen atoms in total. The molecular formula is C33H45ClO14. The maximum absolute atomic E-state index is 13.3. The zero-order chi connectivity index (χ0) is 36.1. The predicted molar refractivity (Wildman–Crippen MR) is 164 cm³/mol. The summed E-state index contributed by atoms with van der Waals surface area (Å²) in [5, 5.41) is 11.6. The summed E-state index contributed by atoms with van der Waals surface area (Å²) in [6, 6.07) is 0. The van der Waals surface area contributed by atoms with Crippen LogP contribution in [0, 0.1) is 23.2 Å². The second kappa shape index (κ2) is 13.6. The molecule has 2 heterocycles. The predicted octanol–water partition coefficient (Wildman–Crippen LogP) is 2.33. The third-order valence-electron chi connectivity index (χ3n) is 9.98. The van der Waals surface area contributed by atoms with Gasteiger partial charge >= 0.3 is 35.8 Å². The Morgan fingerprint density at radius 1 is 0.938 bits per heavy atom. The van der Waals surface area contributed by atoms with E-state index in [-0.39, 0.29) is 31.8 Å². The van der Waals surface area contributed by atoms with Crippen LogP contribution in [0.15, 0.2) is 12.2 Å². The molecule has 4 fully saturated rings. The molecule has 0 aromatic heterocycles. The monoisotopic (exact) mass is 700 g/mol. The molecule has 0 aromatic rings. The van der Waals surface area contributed by atoms with E-state index in [1.165, 1.54) is 13.8 Å². The third kappa shape index (κ3) is 6.55. The van der Waals surface area contributed by atoms with Crippen LogP contribution in [0.4, 0.5) is 0 Å². The van der Waals surface area contributed by atoms with Gasteiger partial charge in [0.1, 0.15) is 17.8 Å². The van der Waals surface area contributed by atoms with Gasteiger partial charge in [-0.05, 0) is 25.7 Å². The first-order valence-electron chi connectivity index (χ1n) is 16.0. The lowest BCUT2D eigenvalue weighted by atomic mass is 9.51. The molecule has 0 radical (unpaired) electrons. The summed E-state index contributed by atoms with van der Waals surface area (Å²) in [7, 11) is 0. The van der Waals surface area contributed by atoms with Crippen molar-refractivity contribution in [1.82, 2.24) is 0 Å². The number of hydrogen-bond donors (Lipinski definition) is 1. The number of halogens is 1. The second-order valence-electron chi connectivity index (χ2n) is 13.9. The number of rotatable bonds is 7. The van der Waals surface area contributed by atoms with Crippen molar-refractivity contribution >= 4 is 47.4 Å². The van der Waals surface area contributed by atoms with Crippen molar-refractivity contribution in [1.29, 1.82) is 0 Å². The fourth-order valence-electron chi connectivity index (χ4n) is 7.87. The van der Waals surface area contributed by atoms with Crippen molar-refractivity contribution in [3.63, 3.8) is 0 Å². The molecule has 0 aromatic carbocycles. The van der Waals surface area contributed by atoms with Gasteiger partial charge in [-0.25, -0.2) is 0 Å². The van der Waals surface area contributed by atoms with Crippen LogP contribution in [0.3, 0.4) is 0 Å². The molecule has 2 aliphatic carbocycles. The van der Waals surface area contributed by atoms with E-state index in [4.69, 9.17) is 44.8 Å². The second-order valence-corrected chi connectivity index (χ2v) is 14.4. The maximum atomic E-state index is 13.3. The van der Waals surface area contributed by atoms with Crippen LogP contribution in [0.5, 0.6) is 0 Å². The van der Waals surface area contributed by atoms with Crippen molar-refractivity contribution in [2.24, 2.45) is 23.2 Å². The number of aliphatic hydroxyl groups is 1. The highest BCUT2D eigenvalue weighted by molar-refractivity contribution is 6.23. The summed E-state index contributed by atoms with van der Waals surface area (Å²) in [5.41, 5.74) is -5.54. The highest BCUT2D eigenvalue weighted by Crippen LogP contribution is 2.64. The highest BCUT2D eigenvalue weighted by Gasteiger charge is 2.81. The number of alkyl halides is 1. The first kappa shape index (κ1) is 37.6. The van der Waals surface area contributed by atoms with Gasteiger partial charge in [-0.15, -0.1) is 11.6 Å². The largest absolute Gasteiger partial charge is 0.462 e. The molecule has 268 valence electrons. The Bertz CT molecular complexity index is 1360. The van der Waals surface area contributed by atoms with E-state index >= 15 is 0 Å². The van der Waals surface area contributed by atoms with E-state index in [0.29, 0.717) is 5.57 Å². The minimum absolute atomic E-state index is 0.00515. The number of carbonyl (C=O) groups excluding carboxylic acids is 6. The fraction of sp³-hybridized carbons (Fsp3) is 0.758. The Balaban J connectivity index is 2.12. The summed E-state index contributed by atoms with van der Waals surface area (Å²) < 4.78 is 41.5. The number of carbonyl (C=O) groups is 6. The topological polar surface area (TPSA) is 191 Å². The summed E-state index contributed by atoms with van der Waals surface area (Å²) >= 11 is 6.85. The SMILES string of the molecule is C=C1CC[C@H](OC(C)=O)[C@@]2(C)[C@@H](OC(C)=O)[C@@H](OC(=O)CC(C)C)[C@@H](OC(C)=O)[C@]3(CO3)[C@@H]2[C@H](OC(C)=O)[C@]2(O)[C@@H](C)C(=O)O[C@H]2[C@H]1Cl. The van der Waals surface area contributed by atoms with E-state index in [9.17, 15) is 33.9 Å². The molecule has 2 saturated carbocycles. The van der Waals surface area contributed by atoms with Crippen LogP contribution in [0.2, 0.25) is 0 Å². The molecule has 1 N–H and O–H groups in total. The van der Waals surface area contributed by atoms with E-state index in [1.807, 2.05) is 0 Å². The van der Waals surface area contributed by atoms with Crippen LogP contribution in [-0.4, -0.2) is 101 Å². The van der Waals surface area contributed by atoms with Crippen LogP contribution in [0.1, 0.15) is 74.7 Å². The Labute approximate surface area is 284 Å². The van der Waals surface area contributed by atoms with Crippen molar-refractivity contribution in [2.45, 2.75) is 128 Å². The van der Waals surface area contributed by atoms with Gasteiger partial charge in [0.05, 0.1) is 23.3 Å². The van der Waals surface area contributed by atoms with E-state index < -0.39 is 106 Å². The standard InChI is InChI=1S/C33H45ClO14/c1-14(2)12-22(39)47-24-27(44-18(6)36)31(9)21(43-17(5)35)11-10-15(3)23(34)26-33(41,16(4)30(40)48-26)29(46-20(8)38)25(31)32(13-42-32)28(24)45-19(7)37/h14,16,21,23-29,41H,3,10-13H2,1-2,4-9H3/t16-,21-,23-,24+,25+,26-,27-,28+,29-,31+,32-,33-/m0/s1. The Kier molecular flexibility index (Phi) is 10.6. The number of ether oxygens (including phenoxy) is 7. The number of epoxide rings is 1. The number of hydrogen-bond acceptors (Lipinski definition) is 14. The molecule has 1 spiro atoms. The van der Waals surface area contributed by atoms with Crippen LogP contribution < -0.4 is 0 Å². The molecule has 15 heteroatoms. The highest BCUT2D eigenvalue weighted by atomic mass is 35.5. The molecule has 48 heavy (non-hydrogen) atoms. The van der Waals surface area contributed by atoms with Crippen LogP contribution in [-0.2, 0) is 61.9 Å². The molecule has 4 rings (SSSR count). The van der Waals surface area contributed by atoms with Crippen molar-refractivity contribution in [3.05, 3.63) is 12.2 Å². The van der Waals surface area contributed by atoms with Gasteiger partial charge in [0.2, 0.25) is 0 Å². The van der Waals surface area contributed by atoms with Gasteiger partial charge in [0.15, 0.2) is 30.0 Å². The average Bonchev–Trinajstić information content (AvgIpc) is 3.71. The normalized spacial score (nSPS) is 40.5. The van der Waals surface area contributed by atoms with E-state index in [2.05, 4.69) is 6.58 Å². The lowest BCUT2D eigenvalue weighted by Gasteiger charge is -2.60. The molecular weight excluding hydrogens is 656 g/mol. The molecule has 0 bridgehead atoms. The average molecular weight is 701 g/mol. The third-order valence-corrected chi connectivity index (χ3v) is 10.5. The van der Waals surface area contributed by atoms with E-state index in [1.54, 1.807) is 20.8 Å². The Morgan fingerprint density at radius 3 is 1.96 bits per heavy atom. The first-order chi connectivity index (χ1) is 22.2. The number of esters is 6. The summed E-state index contributed by atoms with van der Waals surface area (Å²) in [4.78, 5) is 77.9. The minimum Gasteiger partial charge on any atom is -0.462 e. The quantitative estimate of drug-likeness (QED) is 0.134. The molecule has 12 atom stereocenters. The van der Waals surface area contributed by atoms with Gasteiger partial charge in [0.25, 0.3) is 0 Å². The van der Waals surface area contributed by atoms with Crippen molar-refractivity contribution < 1.29 is 67.0 Å².